The van der Waals surface area contributed by atoms with Crippen molar-refractivity contribution >= 4 is 34.1 Å². The third-order valence-corrected chi connectivity index (χ3v) is 2.68. The molecule has 0 atom stereocenters. The smallest absolute Gasteiger partial charge is 0.218 e. The van der Waals surface area contributed by atoms with Gasteiger partial charge in [0.15, 0.2) is 0 Å². The first-order valence-electron chi connectivity index (χ1n) is 4.82. The van der Waals surface area contributed by atoms with Gasteiger partial charge in [-0.15, -0.1) is 0 Å². The van der Waals surface area contributed by atoms with Crippen LogP contribution in [0.4, 0.5) is 0 Å². The number of halogens is 2. The van der Waals surface area contributed by atoms with Gasteiger partial charge in [-0.1, -0.05) is 31.0 Å². The first-order chi connectivity index (χ1) is 7.20. The maximum Gasteiger partial charge on any atom is 0.224 e. The monoisotopic (exact) mass is 240 g/mol. The summed E-state index contributed by atoms with van der Waals surface area (Å²) in [6.07, 6.45) is 2.15. The van der Waals surface area contributed by atoms with E-state index in [1.54, 1.807) is 0 Å². The van der Waals surface area contributed by atoms with Crippen LogP contribution in [0.1, 0.15) is 18.9 Å². The average molecular weight is 241 g/mol. The van der Waals surface area contributed by atoms with Crippen molar-refractivity contribution in [3.05, 3.63) is 34.2 Å². The van der Waals surface area contributed by atoms with Gasteiger partial charge in [-0.3, -0.25) is 0 Å². The van der Waals surface area contributed by atoms with Gasteiger partial charge in [0.2, 0.25) is 5.28 Å². The van der Waals surface area contributed by atoms with Crippen molar-refractivity contribution in [1.82, 2.24) is 9.97 Å². The second-order valence-corrected chi connectivity index (χ2v) is 4.08. The number of nitrogens with zero attached hydrogens (tertiary/aromatic N) is 2. The molecule has 1 aromatic carbocycles. The Kier molecular flexibility index (Phi) is 3.08. The lowest BCUT2D eigenvalue weighted by molar-refractivity contribution is 0.923. The summed E-state index contributed by atoms with van der Waals surface area (Å²) in [5, 5.41) is 1.48. The Morgan fingerprint density at radius 3 is 2.73 bits per heavy atom. The van der Waals surface area contributed by atoms with E-state index in [0.29, 0.717) is 5.15 Å². The minimum Gasteiger partial charge on any atom is -0.218 e. The summed E-state index contributed by atoms with van der Waals surface area (Å²) in [4.78, 5) is 8.03. The fourth-order valence-corrected chi connectivity index (χ4v) is 2.01. The highest BCUT2D eigenvalue weighted by Gasteiger charge is 2.05. The highest BCUT2D eigenvalue weighted by atomic mass is 35.5. The molecule has 0 N–H and O–H groups in total. The molecule has 0 saturated heterocycles. The van der Waals surface area contributed by atoms with Crippen LogP contribution in [-0.4, -0.2) is 9.97 Å². The Morgan fingerprint density at radius 1 is 1.20 bits per heavy atom. The Morgan fingerprint density at radius 2 is 2.00 bits per heavy atom. The van der Waals surface area contributed by atoms with Crippen LogP contribution in [0.5, 0.6) is 0 Å². The summed E-state index contributed by atoms with van der Waals surface area (Å²) in [7, 11) is 0. The first kappa shape index (κ1) is 10.7. The van der Waals surface area contributed by atoms with Crippen molar-refractivity contribution in [2.24, 2.45) is 0 Å². The minimum absolute atomic E-state index is 0.191. The van der Waals surface area contributed by atoms with E-state index in [0.717, 1.165) is 23.7 Å². The normalized spacial score (nSPS) is 10.9. The van der Waals surface area contributed by atoms with Gasteiger partial charge in [0.1, 0.15) is 5.15 Å². The average Bonchev–Trinajstić information content (AvgIpc) is 2.19. The number of hydrogen-bond acceptors (Lipinski definition) is 2. The summed E-state index contributed by atoms with van der Waals surface area (Å²) >= 11 is 11.7. The maximum atomic E-state index is 6.00. The van der Waals surface area contributed by atoms with Crippen molar-refractivity contribution in [2.45, 2.75) is 19.8 Å². The number of fused-ring (bicyclic) bond motifs is 1. The lowest BCUT2D eigenvalue weighted by atomic mass is 10.1. The van der Waals surface area contributed by atoms with Crippen LogP contribution in [0.15, 0.2) is 18.2 Å². The molecule has 15 heavy (non-hydrogen) atoms. The Hall–Kier alpha value is -0.860. The van der Waals surface area contributed by atoms with Gasteiger partial charge in [0, 0.05) is 5.39 Å². The molecular weight excluding hydrogens is 231 g/mol. The molecule has 2 rings (SSSR count). The van der Waals surface area contributed by atoms with E-state index in [9.17, 15) is 0 Å². The first-order valence-corrected chi connectivity index (χ1v) is 5.58. The molecule has 2 aromatic rings. The molecule has 1 aromatic heterocycles. The SMILES string of the molecule is CCCc1ccc2nc(Cl)nc(Cl)c2c1. The molecule has 4 heteroatoms. The van der Waals surface area contributed by atoms with Crippen LogP contribution < -0.4 is 0 Å². The topological polar surface area (TPSA) is 25.8 Å². The molecular formula is C11H10Cl2N2. The van der Waals surface area contributed by atoms with Crippen LogP contribution in [-0.2, 0) is 6.42 Å². The lowest BCUT2D eigenvalue weighted by Gasteiger charge is -2.03. The van der Waals surface area contributed by atoms with Crippen LogP contribution in [0, 0.1) is 0 Å². The standard InChI is InChI=1S/C11H10Cl2N2/c1-2-3-7-4-5-9-8(6-7)10(12)15-11(13)14-9/h4-6H,2-3H2,1H3. The van der Waals surface area contributed by atoms with E-state index in [-0.39, 0.29) is 5.28 Å². The van der Waals surface area contributed by atoms with Gasteiger partial charge in [-0.05, 0) is 35.7 Å². The highest BCUT2D eigenvalue weighted by molar-refractivity contribution is 6.35. The third-order valence-electron chi connectivity index (χ3n) is 2.23. The summed E-state index contributed by atoms with van der Waals surface area (Å²) < 4.78 is 0. The summed E-state index contributed by atoms with van der Waals surface area (Å²) in [5.41, 5.74) is 2.04. The molecule has 0 aliphatic heterocycles. The van der Waals surface area contributed by atoms with Crippen LogP contribution in [0.25, 0.3) is 10.9 Å². The fraction of sp³-hybridized carbons (Fsp3) is 0.273. The molecule has 0 radical (unpaired) electrons. The van der Waals surface area contributed by atoms with Crippen molar-refractivity contribution in [1.29, 1.82) is 0 Å². The summed E-state index contributed by atoms with van der Waals surface area (Å²) in [5.74, 6) is 0. The minimum atomic E-state index is 0.191. The van der Waals surface area contributed by atoms with Crippen LogP contribution in [0.2, 0.25) is 10.4 Å². The molecule has 0 aliphatic rings. The molecule has 0 unspecified atom stereocenters. The van der Waals surface area contributed by atoms with Crippen LogP contribution >= 0.6 is 23.2 Å². The Labute approximate surface area is 98.3 Å². The summed E-state index contributed by atoms with van der Waals surface area (Å²) in [6.45, 7) is 2.14. The number of aryl methyl sites for hydroxylation is 1. The predicted molar refractivity (Wildman–Crippen MR) is 63.6 cm³/mol. The highest BCUT2D eigenvalue weighted by Crippen LogP contribution is 2.23. The predicted octanol–water partition coefficient (Wildman–Crippen LogP) is 3.89. The largest absolute Gasteiger partial charge is 0.224 e. The molecule has 0 aliphatic carbocycles. The zero-order valence-electron chi connectivity index (χ0n) is 8.30. The number of aromatic nitrogens is 2. The molecule has 0 amide bonds. The van der Waals surface area contributed by atoms with Crippen molar-refractivity contribution in [3.63, 3.8) is 0 Å². The number of benzene rings is 1. The van der Waals surface area contributed by atoms with Gasteiger partial charge in [-0.2, -0.15) is 0 Å². The summed E-state index contributed by atoms with van der Waals surface area (Å²) in [6, 6.07) is 6.00. The molecule has 0 saturated carbocycles. The van der Waals surface area contributed by atoms with E-state index >= 15 is 0 Å². The fourth-order valence-electron chi connectivity index (χ4n) is 1.56. The van der Waals surface area contributed by atoms with Gasteiger partial charge in [0.05, 0.1) is 5.52 Å². The van der Waals surface area contributed by atoms with E-state index in [1.807, 2.05) is 18.2 Å². The zero-order valence-corrected chi connectivity index (χ0v) is 9.81. The maximum absolute atomic E-state index is 6.00. The molecule has 78 valence electrons. The Balaban J connectivity index is 2.60. The lowest BCUT2D eigenvalue weighted by Crippen LogP contribution is -1.89. The van der Waals surface area contributed by atoms with Crippen molar-refractivity contribution in [2.75, 3.05) is 0 Å². The third kappa shape index (κ3) is 2.21. The molecule has 2 nitrogen and oxygen atoms in total. The molecule has 0 spiro atoms. The molecule has 0 fully saturated rings. The van der Waals surface area contributed by atoms with Gasteiger partial charge in [-0.25, -0.2) is 9.97 Å². The van der Waals surface area contributed by atoms with E-state index in [2.05, 4.69) is 16.9 Å². The number of hydrogen-bond donors (Lipinski definition) is 0. The van der Waals surface area contributed by atoms with Gasteiger partial charge < -0.3 is 0 Å². The van der Waals surface area contributed by atoms with E-state index < -0.39 is 0 Å². The number of rotatable bonds is 2. The van der Waals surface area contributed by atoms with Crippen LogP contribution in [0.3, 0.4) is 0 Å². The van der Waals surface area contributed by atoms with E-state index in [1.165, 1.54) is 5.56 Å². The van der Waals surface area contributed by atoms with Crippen molar-refractivity contribution in [3.8, 4) is 0 Å². The van der Waals surface area contributed by atoms with E-state index in [4.69, 9.17) is 23.2 Å². The van der Waals surface area contributed by atoms with Crippen molar-refractivity contribution < 1.29 is 0 Å². The quantitative estimate of drug-likeness (QED) is 0.588. The second kappa shape index (κ2) is 4.33. The van der Waals surface area contributed by atoms with Gasteiger partial charge in [0.25, 0.3) is 0 Å². The second-order valence-electron chi connectivity index (χ2n) is 3.38. The molecule has 0 bridgehead atoms. The van der Waals surface area contributed by atoms with Gasteiger partial charge >= 0.3 is 0 Å². The molecule has 1 heterocycles. The Bertz CT molecular complexity index is 497. The zero-order chi connectivity index (χ0) is 10.8.